The molecule has 2 aromatic heterocycles. The third kappa shape index (κ3) is 5.05. The normalized spacial score (nSPS) is 10.9. The Labute approximate surface area is 192 Å². The minimum Gasteiger partial charge on any atom is -0.494 e. The van der Waals surface area contributed by atoms with Crippen molar-refractivity contribution >= 4 is 50.0 Å². The Bertz CT molecular complexity index is 1280. The van der Waals surface area contributed by atoms with Crippen molar-refractivity contribution in [1.82, 2.24) is 30.0 Å². The van der Waals surface area contributed by atoms with Gasteiger partial charge in [0.05, 0.1) is 20.8 Å². The van der Waals surface area contributed by atoms with E-state index in [1.807, 2.05) is 31.3 Å². The van der Waals surface area contributed by atoms with Crippen LogP contribution in [0, 0.1) is 0 Å². The molecule has 0 aliphatic rings. The van der Waals surface area contributed by atoms with Crippen LogP contribution < -0.4 is 9.47 Å². The molecule has 0 aliphatic carbocycles. The molecule has 0 bridgehead atoms. The summed E-state index contributed by atoms with van der Waals surface area (Å²) in [5, 5.41) is 15.9. The number of nitrogens with zero attached hydrogens (tertiary/aromatic N) is 6. The van der Waals surface area contributed by atoms with Gasteiger partial charge in [0.1, 0.15) is 33.6 Å². The van der Waals surface area contributed by atoms with Crippen LogP contribution in [0.4, 0.5) is 0 Å². The number of rotatable bonds is 5. The van der Waals surface area contributed by atoms with Crippen molar-refractivity contribution in [2.24, 2.45) is 14.1 Å². The summed E-state index contributed by atoms with van der Waals surface area (Å²) >= 11 is 3.38. The molecule has 4 aromatic rings. The summed E-state index contributed by atoms with van der Waals surface area (Å²) in [5.74, 6) is 1.06. The lowest BCUT2D eigenvalue weighted by atomic mass is 10.1. The maximum absolute atomic E-state index is 11.3. The molecule has 0 saturated carbocycles. The number of aromatic nitrogens is 6. The number of ether oxygens (including phenoxy) is 3. The van der Waals surface area contributed by atoms with Gasteiger partial charge in [0.15, 0.2) is 0 Å². The molecule has 0 radical (unpaired) electrons. The van der Waals surface area contributed by atoms with Crippen LogP contribution in [0.3, 0.4) is 0 Å². The summed E-state index contributed by atoms with van der Waals surface area (Å²) in [4.78, 5) is 11.3. The van der Waals surface area contributed by atoms with Crippen molar-refractivity contribution in [3.8, 4) is 11.5 Å². The molecular weight excluding hydrogens is 480 g/mol. The van der Waals surface area contributed by atoms with Crippen molar-refractivity contribution in [1.29, 1.82) is 0 Å². The van der Waals surface area contributed by atoms with E-state index in [1.54, 1.807) is 43.6 Å². The maximum Gasteiger partial charge on any atom is 0.330 e. The Morgan fingerprint density at radius 3 is 2.09 bits per heavy atom. The number of hydrogen-bond acceptors (Lipinski definition) is 8. The molecule has 2 aromatic carbocycles. The minimum absolute atomic E-state index is 0.357. The molecule has 0 atom stereocenters. The number of halogens is 1. The topological polar surface area (TPSA) is 106 Å². The molecule has 32 heavy (non-hydrogen) atoms. The van der Waals surface area contributed by atoms with Gasteiger partial charge in [-0.05, 0) is 42.8 Å². The lowest BCUT2D eigenvalue weighted by Gasteiger charge is -2.04. The average Bonchev–Trinajstić information content (AvgIpc) is 3.34. The zero-order valence-electron chi connectivity index (χ0n) is 18.4. The van der Waals surface area contributed by atoms with E-state index in [0.717, 1.165) is 32.3 Å². The van der Waals surface area contributed by atoms with E-state index in [9.17, 15) is 4.79 Å². The van der Waals surface area contributed by atoms with Gasteiger partial charge in [0.25, 0.3) is 0 Å². The number of fused-ring (bicyclic) bond motifs is 2. The number of aryl methyl sites for hydroxylation is 2. The van der Waals surface area contributed by atoms with Gasteiger partial charge < -0.3 is 14.2 Å². The van der Waals surface area contributed by atoms with Crippen LogP contribution >= 0.6 is 15.9 Å². The summed E-state index contributed by atoms with van der Waals surface area (Å²) < 4.78 is 19.6. The van der Waals surface area contributed by atoms with Gasteiger partial charge in [0.2, 0.25) is 0 Å². The van der Waals surface area contributed by atoms with E-state index in [4.69, 9.17) is 14.2 Å². The largest absolute Gasteiger partial charge is 0.494 e. The fourth-order valence-corrected chi connectivity index (χ4v) is 3.48. The predicted octanol–water partition coefficient (Wildman–Crippen LogP) is 3.29. The number of carbonyl (C=O) groups is 1. The lowest BCUT2D eigenvalue weighted by molar-refractivity contribution is -0.137. The molecule has 0 fully saturated rings. The molecule has 0 unspecified atom stereocenters. The molecule has 10 nitrogen and oxygen atoms in total. The molecule has 0 amide bonds. The molecule has 0 spiro atoms. The number of esters is 1. The highest BCUT2D eigenvalue weighted by Crippen LogP contribution is 2.28. The highest BCUT2D eigenvalue weighted by atomic mass is 79.9. The van der Waals surface area contributed by atoms with E-state index in [-0.39, 0.29) is 5.97 Å². The summed E-state index contributed by atoms with van der Waals surface area (Å²) in [7, 11) is 6.85. The van der Waals surface area contributed by atoms with Gasteiger partial charge in [-0.1, -0.05) is 26.4 Å². The maximum atomic E-state index is 11.3. The van der Waals surface area contributed by atoms with Gasteiger partial charge >= 0.3 is 5.97 Å². The summed E-state index contributed by atoms with van der Waals surface area (Å²) in [6.45, 7) is 2.12. The third-order valence-electron chi connectivity index (χ3n) is 4.46. The molecule has 0 aliphatic heterocycles. The number of methoxy groups -OCH3 is 2. The average molecular weight is 503 g/mol. The smallest absolute Gasteiger partial charge is 0.330 e. The standard InChI is InChI=1S/C13H15N3O3.C8H8BrN3O/c1-4-19-12(17)6-5-9-7-10-13(11(8-9)18-3)16(2)15-14-10;1-12-8-6(10-11-12)3-5(9)4-7(8)13-2/h5-8H,4H2,1-3H3;3-4H,1-2H3/b6-5+;. The second kappa shape index (κ2) is 10.2. The molecular formula is C21H23BrN6O4. The van der Waals surface area contributed by atoms with E-state index >= 15 is 0 Å². The number of benzene rings is 2. The number of hydrogen-bond donors (Lipinski definition) is 0. The third-order valence-corrected chi connectivity index (χ3v) is 4.91. The van der Waals surface area contributed by atoms with Crippen LogP contribution in [0.25, 0.3) is 28.1 Å². The fourth-order valence-electron chi connectivity index (χ4n) is 3.06. The zero-order valence-corrected chi connectivity index (χ0v) is 20.0. The molecule has 0 N–H and O–H groups in total. The van der Waals surface area contributed by atoms with Gasteiger partial charge in [-0.3, -0.25) is 0 Å². The summed E-state index contributed by atoms with van der Waals surface area (Å²) in [6.07, 6.45) is 3.04. The first-order chi connectivity index (χ1) is 15.4. The van der Waals surface area contributed by atoms with E-state index < -0.39 is 0 Å². The fraction of sp³-hybridized carbons (Fsp3) is 0.286. The summed E-state index contributed by atoms with van der Waals surface area (Å²) in [6, 6.07) is 7.46. The zero-order chi connectivity index (χ0) is 23.3. The molecule has 11 heteroatoms. The van der Waals surface area contributed by atoms with Crippen molar-refractivity contribution in [2.45, 2.75) is 6.92 Å². The minimum atomic E-state index is -0.374. The van der Waals surface area contributed by atoms with Crippen LogP contribution in [0.2, 0.25) is 0 Å². The van der Waals surface area contributed by atoms with Crippen LogP contribution in [0.5, 0.6) is 11.5 Å². The lowest BCUT2D eigenvalue weighted by Crippen LogP contribution is -1.98. The van der Waals surface area contributed by atoms with Crippen molar-refractivity contribution in [3.05, 3.63) is 40.4 Å². The van der Waals surface area contributed by atoms with Crippen molar-refractivity contribution in [2.75, 3.05) is 20.8 Å². The van der Waals surface area contributed by atoms with Crippen LogP contribution in [-0.2, 0) is 23.6 Å². The highest BCUT2D eigenvalue weighted by Gasteiger charge is 2.10. The van der Waals surface area contributed by atoms with Crippen LogP contribution in [-0.4, -0.2) is 56.8 Å². The first-order valence-electron chi connectivity index (χ1n) is 9.63. The molecule has 0 saturated heterocycles. The Hall–Kier alpha value is -3.47. The Kier molecular flexibility index (Phi) is 7.41. The number of carbonyl (C=O) groups excluding carboxylic acids is 1. The van der Waals surface area contributed by atoms with Gasteiger partial charge in [-0.25, -0.2) is 14.2 Å². The Morgan fingerprint density at radius 2 is 1.53 bits per heavy atom. The second-order valence-electron chi connectivity index (χ2n) is 6.58. The predicted molar refractivity (Wildman–Crippen MR) is 123 cm³/mol. The van der Waals surface area contributed by atoms with E-state index in [0.29, 0.717) is 17.9 Å². The quantitative estimate of drug-likeness (QED) is 0.302. The van der Waals surface area contributed by atoms with E-state index in [1.165, 1.54) is 6.08 Å². The second-order valence-corrected chi connectivity index (χ2v) is 7.49. The van der Waals surface area contributed by atoms with Crippen molar-refractivity contribution < 1.29 is 19.0 Å². The SMILES string of the molecule is CCOC(=O)/C=C/c1cc(OC)c2c(c1)nnn2C.COc1cc(Br)cc2nnn(C)c12. The van der Waals surface area contributed by atoms with E-state index in [2.05, 4.69) is 36.6 Å². The van der Waals surface area contributed by atoms with Gasteiger partial charge in [-0.15, -0.1) is 10.2 Å². The molecule has 168 valence electrons. The molecule has 2 heterocycles. The van der Waals surface area contributed by atoms with Crippen LogP contribution in [0.1, 0.15) is 12.5 Å². The summed E-state index contributed by atoms with van der Waals surface area (Å²) in [5.41, 5.74) is 4.07. The first-order valence-corrected chi connectivity index (χ1v) is 10.4. The Balaban J connectivity index is 0.000000193. The first kappa shape index (κ1) is 23.2. The Morgan fingerprint density at radius 1 is 0.969 bits per heavy atom. The van der Waals surface area contributed by atoms with Crippen molar-refractivity contribution in [3.63, 3.8) is 0 Å². The van der Waals surface area contributed by atoms with Gasteiger partial charge in [-0.2, -0.15) is 0 Å². The van der Waals surface area contributed by atoms with Gasteiger partial charge in [0, 0.05) is 24.6 Å². The molecule has 4 rings (SSSR count). The van der Waals surface area contributed by atoms with Crippen LogP contribution in [0.15, 0.2) is 34.8 Å². The monoisotopic (exact) mass is 502 g/mol. The highest BCUT2D eigenvalue weighted by molar-refractivity contribution is 9.10.